The first-order chi connectivity index (χ1) is 5.16. The van der Waals surface area contributed by atoms with Gasteiger partial charge in [0.1, 0.15) is 0 Å². The van der Waals surface area contributed by atoms with Crippen molar-refractivity contribution in [3.05, 3.63) is 23.0 Å². The Bertz CT molecular complexity index is 261. The van der Waals surface area contributed by atoms with E-state index >= 15 is 0 Å². The Morgan fingerprint density at radius 1 is 1.55 bits per heavy atom. The molecule has 2 nitrogen and oxygen atoms in total. The van der Waals surface area contributed by atoms with E-state index in [-0.39, 0.29) is 0 Å². The van der Waals surface area contributed by atoms with E-state index in [0.717, 1.165) is 23.1 Å². The lowest BCUT2D eigenvalue weighted by Gasteiger charge is -2.04. The summed E-state index contributed by atoms with van der Waals surface area (Å²) in [6.07, 6.45) is 2.66. The van der Waals surface area contributed by atoms with Crippen LogP contribution >= 0.6 is 0 Å². The van der Waals surface area contributed by atoms with Crippen LogP contribution in [0.5, 0.6) is 0 Å². The van der Waals surface area contributed by atoms with Crippen LogP contribution in [-0.4, -0.2) is 11.3 Å². The van der Waals surface area contributed by atoms with Crippen molar-refractivity contribution in [1.82, 2.24) is 4.98 Å². The molecule has 0 aromatic carbocycles. The number of hydrogen-bond donors (Lipinski definition) is 1. The van der Waals surface area contributed by atoms with E-state index in [9.17, 15) is 4.79 Å². The molecule has 2 heteroatoms. The zero-order valence-electron chi connectivity index (χ0n) is 7.14. The number of carbonyl (C=O) groups excluding carboxylic acids is 1. The van der Waals surface area contributed by atoms with Crippen molar-refractivity contribution in [3.8, 4) is 0 Å². The number of carbonyl (C=O) groups is 1. The van der Waals surface area contributed by atoms with Crippen LogP contribution in [0.4, 0.5) is 0 Å². The zero-order valence-corrected chi connectivity index (χ0v) is 7.14. The van der Waals surface area contributed by atoms with Crippen molar-refractivity contribution in [2.75, 3.05) is 0 Å². The average Bonchev–Trinajstić information content (AvgIpc) is 2.30. The lowest BCUT2D eigenvalue weighted by atomic mass is 10.0. The molecule has 0 aliphatic carbocycles. The highest BCUT2D eigenvalue weighted by molar-refractivity contribution is 5.77. The Balaban J connectivity index is 3.17. The number of aryl methyl sites for hydroxylation is 1. The number of aromatic amines is 1. The Hall–Kier alpha value is -1.05. The van der Waals surface area contributed by atoms with Gasteiger partial charge < -0.3 is 4.98 Å². The largest absolute Gasteiger partial charge is 0.364 e. The summed E-state index contributed by atoms with van der Waals surface area (Å²) in [7, 11) is 0. The van der Waals surface area contributed by atoms with E-state index < -0.39 is 0 Å². The predicted molar refractivity (Wildman–Crippen MR) is 45.0 cm³/mol. The highest BCUT2D eigenvalue weighted by Gasteiger charge is 2.09. The van der Waals surface area contributed by atoms with Gasteiger partial charge in [0.05, 0.1) is 0 Å². The molecule has 1 aromatic heterocycles. The smallest absolute Gasteiger partial charge is 0.151 e. The highest BCUT2D eigenvalue weighted by atomic mass is 16.1. The molecule has 0 amide bonds. The van der Waals surface area contributed by atoms with Crippen LogP contribution in [0, 0.1) is 6.92 Å². The SMILES string of the molecule is Cc1[nH]cc(C=O)c1C(C)C. The first-order valence-corrected chi connectivity index (χ1v) is 3.80. The minimum atomic E-state index is 0.418. The third-order valence-corrected chi connectivity index (χ3v) is 1.86. The minimum absolute atomic E-state index is 0.418. The topological polar surface area (TPSA) is 32.9 Å². The second-order valence-electron chi connectivity index (χ2n) is 3.06. The maximum absolute atomic E-state index is 10.5. The molecule has 0 radical (unpaired) electrons. The van der Waals surface area contributed by atoms with Gasteiger partial charge in [-0.25, -0.2) is 0 Å². The van der Waals surface area contributed by atoms with Crippen molar-refractivity contribution >= 4 is 6.29 Å². The second kappa shape index (κ2) is 2.91. The van der Waals surface area contributed by atoms with Crippen LogP contribution in [0.15, 0.2) is 6.20 Å². The Labute approximate surface area is 66.6 Å². The quantitative estimate of drug-likeness (QED) is 0.646. The Morgan fingerprint density at radius 3 is 2.55 bits per heavy atom. The molecule has 0 unspecified atom stereocenters. The van der Waals surface area contributed by atoms with Crippen LogP contribution in [0.25, 0.3) is 0 Å². The van der Waals surface area contributed by atoms with E-state index in [1.807, 2.05) is 6.92 Å². The lowest BCUT2D eigenvalue weighted by molar-refractivity contribution is 0.112. The molecule has 0 fully saturated rings. The summed E-state index contributed by atoms with van der Waals surface area (Å²) in [5.74, 6) is 0.418. The van der Waals surface area contributed by atoms with Gasteiger partial charge >= 0.3 is 0 Å². The number of aldehydes is 1. The van der Waals surface area contributed by atoms with Gasteiger partial charge in [0.15, 0.2) is 6.29 Å². The summed E-state index contributed by atoms with van der Waals surface area (Å²) >= 11 is 0. The minimum Gasteiger partial charge on any atom is -0.364 e. The predicted octanol–water partition coefficient (Wildman–Crippen LogP) is 2.26. The zero-order chi connectivity index (χ0) is 8.43. The van der Waals surface area contributed by atoms with Gasteiger partial charge in [0.25, 0.3) is 0 Å². The lowest BCUT2D eigenvalue weighted by Crippen LogP contribution is -1.92. The number of H-pyrrole nitrogens is 1. The molecular formula is C9H13NO. The van der Waals surface area contributed by atoms with Crippen molar-refractivity contribution < 1.29 is 4.79 Å². The summed E-state index contributed by atoms with van der Waals surface area (Å²) in [5, 5.41) is 0. The summed E-state index contributed by atoms with van der Waals surface area (Å²) < 4.78 is 0. The number of nitrogens with one attached hydrogen (secondary N) is 1. The molecule has 0 saturated carbocycles. The first-order valence-electron chi connectivity index (χ1n) is 3.80. The summed E-state index contributed by atoms with van der Waals surface area (Å²) in [5.41, 5.74) is 3.03. The van der Waals surface area contributed by atoms with Crippen LogP contribution < -0.4 is 0 Å². The van der Waals surface area contributed by atoms with E-state index in [4.69, 9.17) is 0 Å². The van der Waals surface area contributed by atoms with E-state index in [1.165, 1.54) is 0 Å². The molecule has 1 rings (SSSR count). The summed E-state index contributed by atoms with van der Waals surface area (Å²) in [4.78, 5) is 13.6. The number of hydrogen-bond acceptors (Lipinski definition) is 1. The van der Waals surface area contributed by atoms with Crippen molar-refractivity contribution in [3.63, 3.8) is 0 Å². The van der Waals surface area contributed by atoms with Crippen molar-refractivity contribution in [1.29, 1.82) is 0 Å². The molecule has 1 heterocycles. The molecule has 1 N–H and O–H groups in total. The molecule has 0 atom stereocenters. The summed E-state index contributed by atoms with van der Waals surface area (Å²) in [6.45, 7) is 6.16. The van der Waals surface area contributed by atoms with Gasteiger partial charge in [-0.1, -0.05) is 13.8 Å². The second-order valence-corrected chi connectivity index (χ2v) is 3.06. The Morgan fingerprint density at radius 2 is 2.18 bits per heavy atom. The third kappa shape index (κ3) is 1.34. The highest BCUT2D eigenvalue weighted by Crippen LogP contribution is 2.21. The molecule has 0 aliphatic heterocycles. The first kappa shape index (κ1) is 8.05. The van der Waals surface area contributed by atoms with E-state index in [1.54, 1.807) is 6.20 Å². The molecule has 0 saturated heterocycles. The van der Waals surface area contributed by atoms with Gasteiger partial charge in [-0.3, -0.25) is 4.79 Å². The van der Waals surface area contributed by atoms with Gasteiger partial charge in [0.2, 0.25) is 0 Å². The fourth-order valence-corrected chi connectivity index (χ4v) is 1.42. The summed E-state index contributed by atoms with van der Waals surface area (Å²) in [6, 6.07) is 0. The van der Waals surface area contributed by atoms with Crippen LogP contribution in [-0.2, 0) is 0 Å². The molecule has 60 valence electrons. The maximum Gasteiger partial charge on any atom is 0.151 e. The molecule has 11 heavy (non-hydrogen) atoms. The molecule has 1 aromatic rings. The maximum atomic E-state index is 10.5. The molecule has 0 spiro atoms. The molecule has 0 aliphatic rings. The van der Waals surface area contributed by atoms with Gasteiger partial charge in [0, 0.05) is 17.5 Å². The fourth-order valence-electron chi connectivity index (χ4n) is 1.42. The third-order valence-electron chi connectivity index (χ3n) is 1.86. The fraction of sp³-hybridized carbons (Fsp3) is 0.444. The van der Waals surface area contributed by atoms with Gasteiger partial charge in [-0.05, 0) is 18.4 Å². The number of aromatic nitrogens is 1. The van der Waals surface area contributed by atoms with Crippen LogP contribution in [0.3, 0.4) is 0 Å². The van der Waals surface area contributed by atoms with Crippen LogP contribution in [0.1, 0.15) is 41.4 Å². The van der Waals surface area contributed by atoms with Gasteiger partial charge in [-0.2, -0.15) is 0 Å². The molecule has 0 bridgehead atoms. The normalized spacial score (nSPS) is 10.5. The molecular weight excluding hydrogens is 138 g/mol. The monoisotopic (exact) mass is 151 g/mol. The Kier molecular flexibility index (Phi) is 2.13. The van der Waals surface area contributed by atoms with Crippen LogP contribution in [0.2, 0.25) is 0 Å². The van der Waals surface area contributed by atoms with Crippen molar-refractivity contribution in [2.24, 2.45) is 0 Å². The van der Waals surface area contributed by atoms with E-state index in [0.29, 0.717) is 5.92 Å². The van der Waals surface area contributed by atoms with E-state index in [2.05, 4.69) is 18.8 Å². The number of rotatable bonds is 2. The average molecular weight is 151 g/mol. The van der Waals surface area contributed by atoms with Gasteiger partial charge in [-0.15, -0.1) is 0 Å². The van der Waals surface area contributed by atoms with Crippen molar-refractivity contribution in [2.45, 2.75) is 26.7 Å². The standard InChI is InChI=1S/C9H13NO/c1-6(2)9-7(3)10-4-8(9)5-11/h4-6,10H,1-3H3.